The van der Waals surface area contributed by atoms with E-state index < -0.39 is 11.5 Å². The van der Waals surface area contributed by atoms with Crippen LogP contribution in [-0.4, -0.2) is 35.7 Å². The summed E-state index contributed by atoms with van der Waals surface area (Å²) < 4.78 is 5.09. The Morgan fingerprint density at radius 3 is 2.67 bits per heavy atom. The average Bonchev–Trinajstić information content (AvgIpc) is 2.79. The van der Waals surface area contributed by atoms with Crippen LogP contribution in [0.15, 0.2) is 24.3 Å². The maximum Gasteiger partial charge on any atom is 0.331 e. The standard InChI is InChI=1S/C13H15NO4/c1-9-4-2-3-5-10(9)11(15)14-13(12(16)17)6-7-18-8-13/h2-5H,6-8H2,1H3,(H,14,15)(H,16,17). The number of carbonyl (C=O) groups is 2. The first-order valence-corrected chi connectivity index (χ1v) is 5.74. The molecule has 2 N–H and O–H groups in total. The summed E-state index contributed by atoms with van der Waals surface area (Å²) in [5, 5.41) is 11.8. The fourth-order valence-electron chi connectivity index (χ4n) is 2.00. The molecule has 0 radical (unpaired) electrons. The Bertz CT molecular complexity index is 478. The predicted octanol–water partition coefficient (Wildman–Crippen LogP) is 0.969. The highest BCUT2D eigenvalue weighted by Crippen LogP contribution is 2.20. The lowest BCUT2D eigenvalue weighted by Gasteiger charge is -2.24. The number of amides is 1. The van der Waals surface area contributed by atoms with E-state index in [1.165, 1.54) is 0 Å². The van der Waals surface area contributed by atoms with Gasteiger partial charge in [0.25, 0.3) is 5.91 Å². The Labute approximate surface area is 105 Å². The lowest BCUT2D eigenvalue weighted by atomic mass is 9.97. The molecule has 1 saturated heterocycles. The van der Waals surface area contributed by atoms with Crippen LogP contribution in [0.5, 0.6) is 0 Å². The molecule has 0 saturated carbocycles. The predicted molar refractivity (Wildman–Crippen MR) is 64.4 cm³/mol. The van der Waals surface area contributed by atoms with Gasteiger partial charge in [-0.2, -0.15) is 0 Å². The van der Waals surface area contributed by atoms with Crippen LogP contribution in [0.2, 0.25) is 0 Å². The summed E-state index contributed by atoms with van der Waals surface area (Å²) in [5.41, 5.74) is 0.0128. The highest BCUT2D eigenvalue weighted by Gasteiger charge is 2.44. The maximum atomic E-state index is 12.1. The van der Waals surface area contributed by atoms with Crippen LogP contribution in [-0.2, 0) is 9.53 Å². The SMILES string of the molecule is Cc1ccccc1C(=O)NC1(C(=O)O)CCOC1. The largest absolute Gasteiger partial charge is 0.479 e. The third-order valence-corrected chi connectivity index (χ3v) is 3.17. The number of ether oxygens (including phenoxy) is 1. The molecule has 0 bridgehead atoms. The molecule has 1 aromatic carbocycles. The van der Waals surface area contributed by atoms with Crippen LogP contribution in [0.3, 0.4) is 0 Å². The number of rotatable bonds is 3. The Morgan fingerprint density at radius 2 is 2.11 bits per heavy atom. The van der Waals surface area contributed by atoms with Gasteiger partial charge in [-0.15, -0.1) is 0 Å². The minimum absolute atomic E-state index is 0.0138. The molecule has 5 heteroatoms. The molecule has 1 aliphatic heterocycles. The number of aliphatic carboxylic acids is 1. The highest BCUT2D eigenvalue weighted by molar-refractivity contribution is 5.99. The average molecular weight is 249 g/mol. The first-order valence-electron chi connectivity index (χ1n) is 5.74. The Hall–Kier alpha value is -1.88. The van der Waals surface area contributed by atoms with Gasteiger partial charge in [0, 0.05) is 18.6 Å². The summed E-state index contributed by atoms with van der Waals surface area (Å²) in [4.78, 5) is 23.4. The van der Waals surface area contributed by atoms with E-state index in [0.717, 1.165) is 5.56 Å². The zero-order valence-electron chi connectivity index (χ0n) is 10.1. The number of carboxylic acid groups (broad SMARTS) is 1. The van der Waals surface area contributed by atoms with Crippen molar-refractivity contribution in [1.82, 2.24) is 5.32 Å². The summed E-state index contributed by atoms with van der Waals surface area (Å²) >= 11 is 0. The van der Waals surface area contributed by atoms with Crippen molar-refractivity contribution < 1.29 is 19.4 Å². The van der Waals surface area contributed by atoms with E-state index >= 15 is 0 Å². The number of hydrogen-bond acceptors (Lipinski definition) is 3. The van der Waals surface area contributed by atoms with Crippen molar-refractivity contribution in [3.63, 3.8) is 0 Å². The first kappa shape index (κ1) is 12.6. The molecule has 1 atom stereocenters. The summed E-state index contributed by atoms with van der Waals surface area (Å²) in [7, 11) is 0. The summed E-state index contributed by atoms with van der Waals surface area (Å²) in [6.45, 7) is 2.17. The van der Waals surface area contributed by atoms with Crippen LogP contribution in [0.1, 0.15) is 22.3 Å². The second-order valence-corrected chi connectivity index (χ2v) is 4.46. The van der Waals surface area contributed by atoms with Gasteiger partial charge in [0.05, 0.1) is 6.61 Å². The molecule has 0 aliphatic carbocycles. The zero-order chi connectivity index (χ0) is 13.2. The Morgan fingerprint density at radius 1 is 1.39 bits per heavy atom. The molecule has 1 amide bonds. The van der Waals surface area contributed by atoms with Gasteiger partial charge in [-0.05, 0) is 18.6 Å². The van der Waals surface area contributed by atoms with Crippen molar-refractivity contribution in [3.05, 3.63) is 35.4 Å². The van der Waals surface area contributed by atoms with Crippen LogP contribution < -0.4 is 5.32 Å². The number of carbonyl (C=O) groups excluding carboxylic acids is 1. The molecular formula is C13H15NO4. The lowest BCUT2D eigenvalue weighted by Crippen LogP contribution is -2.55. The van der Waals surface area contributed by atoms with Crippen molar-refractivity contribution >= 4 is 11.9 Å². The van der Waals surface area contributed by atoms with Gasteiger partial charge in [-0.1, -0.05) is 18.2 Å². The van der Waals surface area contributed by atoms with Crippen LogP contribution in [0.4, 0.5) is 0 Å². The summed E-state index contributed by atoms with van der Waals surface area (Å²) in [6, 6.07) is 7.07. The van der Waals surface area contributed by atoms with Crippen LogP contribution >= 0.6 is 0 Å². The number of nitrogens with one attached hydrogen (secondary N) is 1. The minimum atomic E-state index is -1.29. The van der Waals surface area contributed by atoms with E-state index in [2.05, 4.69) is 5.32 Å². The Balaban J connectivity index is 2.21. The third kappa shape index (κ3) is 2.22. The molecule has 2 rings (SSSR count). The topological polar surface area (TPSA) is 75.6 Å². The smallest absolute Gasteiger partial charge is 0.331 e. The number of hydrogen-bond donors (Lipinski definition) is 2. The molecular weight excluding hydrogens is 234 g/mol. The molecule has 96 valence electrons. The van der Waals surface area contributed by atoms with Gasteiger partial charge in [0.2, 0.25) is 0 Å². The number of benzene rings is 1. The van der Waals surface area contributed by atoms with E-state index in [-0.39, 0.29) is 12.5 Å². The number of carboxylic acids is 1. The summed E-state index contributed by atoms with van der Waals surface area (Å²) in [5.74, 6) is -1.43. The van der Waals surface area contributed by atoms with Crippen molar-refractivity contribution in [3.8, 4) is 0 Å². The van der Waals surface area contributed by atoms with Crippen LogP contribution in [0.25, 0.3) is 0 Å². The van der Waals surface area contributed by atoms with E-state index in [4.69, 9.17) is 4.74 Å². The molecule has 5 nitrogen and oxygen atoms in total. The summed E-state index contributed by atoms with van der Waals surface area (Å²) in [6.07, 6.45) is 0.292. The fraction of sp³-hybridized carbons (Fsp3) is 0.385. The van der Waals surface area contributed by atoms with E-state index in [1.54, 1.807) is 12.1 Å². The fourth-order valence-corrected chi connectivity index (χ4v) is 2.00. The highest BCUT2D eigenvalue weighted by atomic mass is 16.5. The second kappa shape index (κ2) is 4.78. The van der Waals surface area contributed by atoms with Crippen molar-refractivity contribution in [2.75, 3.05) is 13.2 Å². The van der Waals surface area contributed by atoms with E-state index in [1.807, 2.05) is 19.1 Å². The monoisotopic (exact) mass is 249 g/mol. The maximum absolute atomic E-state index is 12.1. The molecule has 1 aromatic rings. The normalized spacial score (nSPS) is 22.7. The van der Waals surface area contributed by atoms with Gasteiger partial charge in [-0.25, -0.2) is 4.79 Å². The molecule has 1 aliphatic rings. The van der Waals surface area contributed by atoms with Gasteiger partial charge in [0.1, 0.15) is 0 Å². The molecule has 18 heavy (non-hydrogen) atoms. The first-order chi connectivity index (χ1) is 8.55. The Kier molecular flexibility index (Phi) is 3.34. The van der Waals surface area contributed by atoms with E-state index in [0.29, 0.717) is 18.6 Å². The lowest BCUT2D eigenvalue weighted by molar-refractivity contribution is -0.144. The zero-order valence-corrected chi connectivity index (χ0v) is 10.1. The second-order valence-electron chi connectivity index (χ2n) is 4.46. The molecule has 1 heterocycles. The van der Waals surface area contributed by atoms with Gasteiger partial charge < -0.3 is 15.2 Å². The van der Waals surface area contributed by atoms with Crippen molar-refractivity contribution in [2.45, 2.75) is 18.9 Å². The molecule has 0 aromatic heterocycles. The quantitative estimate of drug-likeness (QED) is 0.837. The van der Waals surface area contributed by atoms with Crippen molar-refractivity contribution in [1.29, 1.82) is 0 Å². The number of aryl methyl sites for hydroxylation is 1. The molecule has 1 unspecified atom stereocenters. The van der Waals surface area contributed by atoms with Crippen molar-refractivity contribution in [2.24, 2.45) is 0 Å². The van der Waals surface area contributed by atoms with Crippen LogP contribution in [0, 0.1) is 6.92 Å². The van der Waals surface area contributed by atoms with Gasteiger partial charge in [-0.3, -0.25) is 4.79 Å². The van der Waals surface area contributed by atoms with Gasteiger partial charge >= 0.3 is 5.97 Å². The molecule has 0 spiro atoms. The third-order valence-electron chi connectivity index (χ3n) is 3.17. The van der Waals surface area contributed by atoms with E-state index in [9.17, 15) is 14.7 Å². The van der Waals surface area contributed by atoms with Gasteiger partial charge in [0.15, 0.2) is 5.54 Å². The minimum Gasteiger partial charge on any atom is -0.479 e. The molecule has 1 fully saturated rings.